The van der Waals surface area contributed by atoms with Crippen molar-refractivity contribution in [3.63, 3.8) is 0 Å². The van der Waals surface area contributed by atoms with Crippen molar-refractivity contribution in [1.29, 1.82) is 0 Å². The van der Waals surface area contributed by atoms with Crippen LogP contribution >= 0.6 is 0 Å². The fraction of sp³-hybridized carbons (Fsp3) is 0.400. The number of benzene rings is 1. The van der Waals surface area contributed by atoms with E-state index >= 15 is 0 Å². The molecule has 29 heavy (non-hydrogen) atoms. The number of nitrogens with zero attached hydrogens (tertiary/aromatic N) is 2. The zero-order valence-electron chi connectivity index (χ0n) is 17.3. The molecule has 0 aliphatic carbocycles. The Bertz CT molecular complexity index is 860. The highest BCUT2D eigenvalue weighted by Crippen LogP contribution is 2.27. The van der Waals surface area contributed by atoms with Crippen molar-refractivity contribution in [2.24, 2.45) is 0 Å². The second-order valence-corrected chi connectivity index (χ2v) is 7.32. The van der Waals surface area contributed by atoms with Crippen LogP contribution in [0, 0.1) is 0 Å². The van der Waals surface area contributed by atoms with E-state index in [1.807, 2.05) is 13.8 Å². The van der Waals surface area contributed by atoms with Gasteiger partial charge >= 0.3 is 12.1 Å². The maximum absolute atomic E-state index is 11.9. The van der Waals surface area contributed by atoms with Crippen molar-refractivity contribution in [3.05, 3.63) is 36.2 Å². The molecular weight excluding hydrogens is 378 g/mol. The summed E-state index contributed by atoms with van der Waals surface area (Å²) in [4.78, 5) is 31.8. The summed E-state index contributed by atoms with van der Waals surface area (Å²) in [5.74, 6) is 0.628. The number of anilines is 1. The van der Waals surface area contributed by atoms with E-state index in [9.17, 15) is 9.59 Å². The van der Waals surface area contributed by atoms with Gasteiger partial charge in [-0.3, -0.25) is 5.32 Å². The van der Waals surface area contributed by atoms with Crippen LogP contribution in [0.5, 0.6) is 17.4 Å². The SMILES string of the molecule is COC(=O)c1cc(Oc2cnc(NC(=O)OC(C)(C)C)cn2)cc(OC(C)C)c1. The number of rotatable bonds is 6. The molecule has 9 heteroatoms. The smallest absolute Gasteiger partial charge is 0.413 e. The Morgan fingerprint density at radius 2 is 1.72 bits per heavy atom. The maximum Gasteiger partial charge on any atom is 0.413 e. The van der Waals surface area contributed by atoms with E-state index in [2.05, 4.69) is 15.3 Å². The number of hydrogen-bond acceptors (Lipinski definition) is 8. The number of hydrogen-bond donors (Lipinski definition) is 1. The minimum atomic E-state index is -0.637. The Morgan fingerprint density at radius 1 is 1.03 bits per heavy atom. The third-order valence-electron chi connectivity index (χ3n) is 3.15. The molecule has 1 heterocycles. The first-order chi connectivity index (χ1) is 13.6. The average Bonchev–Trinajstić information content (AvgIpc) is 2.60. The van der Waals surface area contributed by atoms with Crippen molar-refractivity contribution in [1.82, 2.24) is 9.97 Å². The lowest BCUT2D eigenvalue weighted by molar-refractivity contribution is 0.0597. The summed E-state index contributed by atoms with van der Waals surface area (Å²) in [6, 6.07) is 4.70. The molecule has 0 bridgehead atoms. The number of esters is 1. The molecular formula is C20H25N3O6. The van der Waals surface area contributed by atoms with Crippen LogP contribution in [-0.4, -0.2) is 40.8 Å². The van der Waals surface area contributed by atoms with Crippen LogP contribution in [0.1, 0.15) is 45.0 Å². The average molecular weight is 403 g/mol. The first-order valence-corrected chi connectivity index (χ1v) is 8.95. The lowest BCUT2D eigenvalue weighted by Crippen LogP contribution is -2.27. The van der Waals surface area contributed by atoms with Gasteiger partial charge in [0, 0.05) is 6.07 Å². The second kappa shape index (κ2) is 9.22. The summed E-state index contributed by atoms with van der Waals surface area (Å²) in [6.45, 7) is 9.01. The molecule has 1 amide bonds. The maximum atomic E-state index is 11.9. The third kappa shape index (κ3) is 7.28. The van der Waals surface area contributed by atoms with E-state index in [1.54, 1.807) is 32.9 Å². The van der Waals surface area contributed by atoms with Crippen LogP contribution < -0.4 is 14.8 Å². The molecule has 0 unspecified atom stereocenters. The Hall–Kier alpha value is -3.36. The summed E-state index contributed by atoms with van der Waals surface area (Å²) >= 11 is 0. The van der Waals surface area contributed by atoms with Crippen molar-refractivity contribution in [3.8, 4) is 17.4 Å². The highest BCUT2D eigenvalue weighted by atomic mass is 16.6. The molecule has 0 radical (unpaired) electrons. The topological polar surface area (TPSA) is 109 Å². The quantitative estimate of drug-likeness (QED) is 0.715. The van der Waals surface area contributed by atoms with Crippen LogP contribution in [0.25, 0.3) is 0 Å². The second-order valence-electron chi connectivity index (χ2n) is 7.32. The number of carbonyl (C=O) groups excluding carboxylic acids is 2. The van der Waals surface area contributed by atoms with Crippen LogP contribution in [0.15, 0.2) is 30.6 Å². The molecule has 2 aromatic rings. The molecule has 9 nitrogen and oxygen atoms in total. The lowest BCUT2D eigenvalue weighted by atomic mass is 10.2. The van der Waals surface area contributed by atoms with Crippen LogP contribution in [0.3, 0.4) is 0 Å². The zero-order chi connectivity index (χ0) is 21.6. The highest BCUT2D eigenvalue weighted by Gasteiger charge is 2.17. The van der Waals surface area contributed by atoms with Gasteiger partial charge in [0.05, 0.1) is 31.2 Å². The van der Waals surface area contributed by atoms with Gasteiger partial charge in [-0.25, -0.2) is 19.6 Å². The number of ether oxygens (including phenoxy) is 4. The Kier molecular flexibility index (Phi) is 6.98. The van der Waals surface area contributed by atoms with Crippen LogP contribution in [-0.2, 0) is 9.47 Å². The van der Waals surface area contributed by atoms with Gasteiger partial charge in [-0.05, 0) is 46.8 Å². The molecule has 0 atom stereocenters. The molecule has 2 rings (SSSR count). The number of amides is 1. The van der Waals surface area contributed by atoms with Crippen LogP contribution in [0.2, 0.25) is 0 Å². The van der Waals surface area contributed by atoms with E-state index in [1.165, 1.54) is 25.6 Å². The predicted octanol–water partition coefficient (Wildman–Crippen LogP) is 4.19. The molecule has 156 valence electrons. The number of aromatic nitrogens is 2. The summed E-state index contributed by atoms with van der Waals surface area (Å²) < 4.78 is 21.2. The van der Waals surface area contributed by atoms with E-state index in [-0.39, 0.29) is 23.4 Å². The summed E-state index contributed by atoms with van der Waals surface area (Å²) in [7, 11) is 1.29. The molecule has 1 N–H and O–H groups in total. The Balaban J connectivity index is 2.14. The first kappa shape index (κ1) is 21.9. The molecule has 0 aliphatic heterocycles. The highest BCUT2D eigenvalue weighted by molar-refractivity contribution is 5.90. The van der Waals surface area contributed by atoms with Crippen molar-refractivity contribution in [2.45, 2.75) is 46.3 Å². The first-order valence-electron chi connectivity index (χ1n) is 8.95. The van der Waals surface area contributed by atoms with Crippen molar-refractivity contribution >= 4 is 17.9 Å². The van der Waals surface area contributed by atoms with Gasteiger partial charge < -0.3 is 18.9 Å². The van der Waals surface area contributed by atoms with Gasteiger partial charge in [0.25, 0.3) is 0 Å². The number of carbonyl (C=O) groups is 2. The van der Waals surface area contributed by atoms with Crippen molar-refractivity contribution < 1.29 is 28.5 Å². The minimum Gasteiger partial charge on any atom is -0.491 e. The Morgan fingerprint density at radius 3 is 2.28 bits per heavy atom. The normalized spacial score (nSPS) is 11.0. The molecule has 0 saturated carbocycles. The standard InChI is InChI=1S/C20H25N3O6/c1-12(2)27-14-7-13(18(24)26-6)8-15(9-14)28-17-11-21-16(10-22-17)23-19(25)29-20(3,4)5/h7-12H,1-6H3,(H,21,23,25). The van der Waals surface area contributed by atoms with Crippen LogP contribution in [0.4, 0.5) is 10.6 Å². The molecule has 0 spiro atoms. The van der Waals surface area contributed by atoms with Gasteiger partial charge in [0.15, 0.2) is 5.82 Å². The molecule has 0 fully saturated rings. The fourth-order valence-corrected chi connectivity index (χ4v) is 2.17. The van der Waals surface area contributed by atoms with E-state index in [4.69, 9.17) is 18.9 Å². The fourth-order valence-electron chi connectivity index (χ4n) is 2.17. The van der Waals surface area contributed by atoms with E-state index in [0.29, 0.717) is 11.5 Å². The summed E-state index contributed by atoms with van der Waals surface area (Å²) in [5.41, 5.74) is -0.349. The van der Waals surface area contributed by atoms with Gasteiger partial charge in [-0.15, -0.1) is 0 Å². The number of methoxy groups -OCH3 is 1. The monoisotopic (exact) mass is 403 g/mol. The molecule has 0 aliphatic rings. The van der Waals surface area contributed by atoms with Gasteiger partial charge in [-0.1, -0.05) is 0 Å². The van der Waals surface area contributed by atoms with Crippen molar-refractivity contribution in [2.75, 3.05) is 12.4 Å². The largest absolute Gasteiger partial charge is 0.491 e. The molecule has 0 saturated heterocycles. The minimum absolute atomic E-state index is 0.0891. The predicted molar refractivity (Wildman–Crippen MR) is 106 cm³/mol. The molecule has 1 aromatic carbocycles. The van der Waals surface area contributed by atoms with Gasteiger partial charge in [0.2, 0.25) is 5.88 Å². The van der Waals surface area contributed by atoms with Gasteiger partial charge in [-0.2, -0.15) is 0 Å². The van der Waals surface area contributed by atoms with E-state index < -0.39 is 17.7 Å². The molecule has 1 aromatic heterocycles. The third-order valence-corrected chi connectivity index (χ3v) is 3.15. The lowest BCUT2D eigenvalue weighted by Gasteiger charge is -2.19. The summed E-state index contributed by atoms with van der Waals surface area (Å²) in [6.07, 6.45) is 1.94. The van der Waals surface area contributed by atoms with Gasteiger partial charge in [0.1, 0.15) is 17.1 Å². The number of nitrogens with one attached hydrogen (secondary N) is 1. The van der Waals surface area contributed by atoms with E-state index in [0.717, 1.165) is 0 Å². The zero-order valence-corrected chi connectivity index (χ0v) is 17.3. The Labute approximate surface area is 169 Å². The summed E-state index contributed by atoms with van der Waals surface area (Å²) in [5, 5.41) is 2.48.